The Morgan fingerprint density at radius 2 is 2.19 bits per heavy atom. The number of amides is 2. The Morgan fingerprint density at radius 1 is 1.43 bits per heavy atom. The fraction of sp³-hybridized carbons (Fsp3) is 0.600. The first kappa shape index (κ1) is 14.5. The van der Waals surface area contributed by atoms with E-state index in [0.717, 1.165) is 18.4 Å². The van der Waals surface area contributed by atoms with Crippen LogP contribution in [0.3, 0.4) is 0 Å². The molecule has 1 aromatic heterocycles. The lowest BCUT2D eigenvalue weighted by Gasteiger charge is -2.46. The first-order chi connectivity index (χ1) is 10.1. The molecule has 2 fully saturated rings. The molecule has 0 saturated carbocycles. The molecule has 1 aromatic rings. The minimum Gasteiger partial charge on any atom is -0.363 e. The summed E-state index contributed by atoms with van der Waals surface area (Å²) in [6.45, 7) is 2.23. The van der Waals surface area contributed by atoms with Crippen LogP contribution in [-0.4, -0.2) is 60.5 Å². The standard InChI is InChI=1S/C15H20N2O3S/c1-16-11-15(20-9-14(16)19)3-5-17(6-4-15)13(18)8-12-2-7-21-10-12/h2,7,10H,3-6,8-9,11H2,1H3. The molecule has 1 spiro atoms. The summed E-state index contributed by atoms with van der Waals surface area (Å²) >= 11 is 1.62. The fourth-order valence-electron chi connectivity index (χ4n) is 3.04. The van der Waals surface area contributed by atoms with Crippen molar-refractivity contribution in [2.24, 2.45) is 0 Å². The first-order valence-electron chi connectivity index (χ1n) is 7.25. The second kappa shape index (κ2) is 5.77. The molecule has 2 aliphatic heterocycles. The number of carbonyl (C=O) groups is 2. The van der Waals surface area contributed by atoms with Crippen LogP contribution < -0.4 is 0 Å². The van der Waals surface area contributed by atoms with Gasteiger partial charge in [0.15, 0.2) is 0 Å². The van der Waals surface area contributed by atoms with E-state index in [1.165, 1.54) is 0 Å². The second-order valence-corrected chi connectivity index (χ2v) is 6.69. The Kier molecular flexibility index (Phi) is 3.99. The summed E-state index contributed by atoms with van der Waals surface area (Å²) < 4.78 is 5.80. The van der Waals surface area contributed by atoms with Gasteiger partial charge in [-0.15, -0.1) is 0 Å². The van der Waals surface area contributed by atoms with E-state index in [4.69, 9.17) is 4.74 Å². The zero-order valence-corrected chi connectivity index (χ0v) is 13.0. The smallest absolute Gasteiger partial charge is 0.248 e. The lowest BCUT2D eigenvalue weighted by molar-refractivity contribution is -0.170. The van der Waals surface area contributed by atoms with Crippen LogP contribution in [0.4, 0.5) is 0 Å². The molecule has 5 nitrogen and oxygen atoms in total. The Hall–Kier alpha value is -1.40. The van der Waals surface area contributed by atoms with Crippen molar-refractivity contribution in [3.63, 3.8) is 0 Å². The molecule has 0 unspecified atom stereocenters. The summed E-state index contributed by atoms with van der Waals surface area (Å²) in [5.74, 6) is 0.222. The molecule has 0 N–H and O–H groups in total. The number of likely N-dealkylation sites (N-methyl/N-ethyl adjacent to an activating group) is 1. The van der Waals surface area contributed by atoms with Crippen molar-refractivity contribution in [3.8, 4) is 0 Å². The van der Waals surface area contributed by atoms with Gasteiger partial charge >= 0.3 is 0 Å². The second-order valence-electron chi connectivity index (χ2n) is 5.91. The summed E-state index contributed by atoms with van der Waals surface area (Å²) in [4.78, 5) is 27.4. The van der Waals surface area contributed by atoms with Crippen LogP contribution in [-0.2, 0) is 20.7 Å². The molecule has 114 valence electrons. The van der Waals surface area contributed by atoms with Crippen molar-refractivity contribution in [2.75, 3.05) is 33.3 Å². The SMILES string of the molecule is CN1CC2(CCN(C(=O)Cc3ccsc3)CC2)OCC1=O. The molecule has 0 aromatic carbocycles. The molecule has 6 heteroatoms. The van der Waals surface area contributed by atoms with Gasteiger partial charge in [-0.2, -0.15) is 11.3 Å². The lowest BCUT2D eigenvalue weighted by atomic mass is 9.89. The first-order valence-corrected chi connectivity index (χ1v) is 8.19. The average Bonchev–Trinajstić information content (AvgIpc) is 2.97. The Labute approximate surface area is 128 Å². The molecule has 3 rings (SSSR count). The van der Waals surface area contributed by atoms with Crippen LogP contribution >= 0.6 is 11.3 Å². The van der Waals surface area contributed by atoms with Gasteiger partial charge in [-0.1, -0.05) is 0 Å². The van der Waals surface area contributed by atoms with Crippen LogP contribution in [0.2, 0.25) is 0 Å². The highest BCUT2D eigenvalue weighted by Gasteiger charge is 2.41. The van der Waals surface area contributed by atoms with Crippen molar-refractivity contribution < 1.29 is 14.3 Å². The number of hydrogen-bond acceptors (Lipinski definition) is 4. The van der Waals surface area contributed by atoms with Crippen LogP contribution in [0.25, 0.3) is 0 Å². The number of carbonyl (C=O) groups excluding carboxylic acids is 2. The monoisotopic (exact) mass is 308 g/mol. The van der Waals surface area contributed by atoms with E-state index in [1.54, 1.807) is 16.2 Å². The van der Waals surface area contributed by atoms with E-state index in [1.807, 2.05) is 28.8 Å². The summed E-state index contributed by atoms with van der Waals surface area (Å²) in [7, 11) is 1.82. The number of nitrogens with zero attached hydrogens (tertiary/aromatic N) is 2. The zero-order chi connectivity index (χ0) is 14.9. The minimum absolute atomic E-state index is 0.0385. The molecule has 3 heterocycles. The number of thiophene rings is 1. The Morgan fingerprint density at radius 3 is 2.81 bits per heavy atom. The van der Waals surface area contributed by atoms with Crippen molar-refractivity contribution in [2.45, 2.75) is 24.9 Å². The van der Waals surface area contributed by atoms with Crippen molar-refractivity contribution in [3.05, 3.63) is 22.4 Å². The van der Waals surface area contributed by atoms with E-state index >= 15 is 0 Å². The maximum atomic E-state index is 12.3. The molecular weight excluding hydrogens is 288 g/mol. The topological polar surface area (TPSA) is 49.9 Å². The van der Waals surface area contributed by atoms with Gasteiger partial charge in [-0.3, -0.25) is 9.59 Å². The fourth-order valence-corrected chi connectivity index (χ4v) is 3.71. The molecule has 0 radical (unpaired) electrons. The number of rotatable bonds is 2. The molecule has 0 bridgehead atoms. The van der Waals surface area contributed by atoms with Gasteiger partial charge in [0.05, 0.1) is 12.0 Å². The van der Waals surface area contributed by atoms with Crippen molar-refractivity contribution in [1.29, 1.82) is 0 Å². The zero-order valence-electron chi connectivity index (χ0n) is 12.2. The van der Waals surface area contributed by atoms with Crippen molar-refractivity contribution >= 4 is 23.2 Å². The predicted octanol–water partition coefficient (Wildman–Crippen LogP) is 1.14. The van der Waals surface area contributed by atoms with Gasteiger partial charge in [0.1, 0.15) is 6.61 Å². The van der Waals surface area contributed by atoms with Crippen LogP contribution in [0, 0.1) is 0 Å². The van der Waals surface area contributed by atoms with Crippen LogP contribution in [0.1, 0.15) is 18.4 Å². The summed E-state index contributed by atoms with van der Waals surface area (Å²) in [6, 6.07) is 2.00. The number of likely N-dealkylation sites (tertiary alicyclic amines) is 1. The third kappa shape index (κ3) is 3.11. The normalized spacial score (nSPS) is 21.9. The largest absolute Gasteiger partial charge is 0.363 e. The summed E-state index contributed by atoms with van der Waals surface area (Å²) in [5.41, 5.74) is 0.839. The van der Waals surface area contributed by atoms with Crippen LogP contribution in [0.5, 0.6) is 0 Å². The third-order valence-corrected chi connectivity index (χ3v) is 5.15. The van der Waals surface area contributed by atoms with Gasteiger partial charge in [0, 0.05) is 26.7 Å². The number of piperidine rings is 1. The van der Waals surface area contributed by atoms with Crippen molar-refractivity contribution in [1.82, 2.24) is 9.80 Å². The maximum absolute atomic E-state index is 12.3. The highest BCUT2D eigenvalue weighted by atomic mass is 32.1. The van der Waals surface area contributed by atoms with Crippen LogP contribution in [0.15, 0.2) is 16.8 Å². The van der Waals surface area contributed by atoms with Gasteiger partial charge in [-0.25, -0.2) is 0 Å². The van der Waals surface area contributed by atoms with E-state index in [0.29, 0.717) is 26.1 Å². The Bertz CT molecular complexity index is 521. The Balaban J connectivity index is 1.55. The molecule has 2 amide bonds. The molecule has 2 saturated heterocycles. The average molecular weight is 308 g/mol. The molecule has 0 atom stereocenters. The highest BCUT2D eigenvalue weighted by molar-refractivity contribution is 7.07. The van der Waals surface area contributed by atoms with Gasteiger partial charge < -0.3 is 14.5 Å². The van der Waals surface area contributed by atoms with E-state index < -0.39 is 0 Å². The lowest BCUT2D eigenvalue weighted by Crippen LogP contribution is -2.58. The molecule has 2 aliphatic rings. The maximum Gasteiger partial charge on any atom is 0.248 e. The molecular formula is C15H20N2O3S. The predicted molar refractivity (Wildman–Crippen MR) is 80.2 cm³/mol. The summed E-state index contributed by atoms with van der Waals surface area (Å²) in [6.07, 6.45) is 2.09. The van der Waals surface area contributed by atoms with Gasteiger partial charge in [0.2, 0.25) is 11.8 Å². The van der Waals surface area contributed by atoms with E-state index in [-0.39, 0.29) is 24.0 Å². The minimum atomic E-state index is -0.248. The highest BCUT2D eigenvalue weighted by Crippen LogP contribution is 2.30. The van der Waals surface area contributed by atoms with E-state index in [2.05, 4.69) is 0 Å². The molecule has 0 aliphatic carbocycles. The number of morpholine rings is 1. The number of ether oxygens (including phenoxy) is 1. The third-order valence-electron chi connectivity index (χ3n) is 4.42. The number of hydrogen-bond donors (Lipinski definition) is 0. The van der Waals surface area contributed by atoms with Gasteiger partial charge in [0.25, 0.3) is 0 Å². The molecule has 21 heavy (non-hydrogen) atoms. The summed E-state index contributed by atoms with van der Waals surface area (Å²) in [5, 5.41) is 4.02. The quantitative estimate of drug-likeness (QED) is 0.823. The van der Waals surface area contributed by atoms with E-state index in [9.17, 15) is 9.59 Å². The van der Waals surface area contributed by atoms with Gasteiger partial charge in [-0.05, 0) is 35.2 Å².